The van der Waals surface area contributed by atoms with Gasteiger partial charge < -0.3 is 14.8 Å². The maximum atomic E-state index is 13.1. The van der Waals surface area contributed by atoms with Gasteiger partial charge in [-0.3, -0.25) is 9.69 Å². The van der Waals surface area contributed by atoms with Crippen LogP contribution >= 0.6 is 0 Å². The number of hydrogen-bond acceptors (Lipinski definition) is 5. The van der Waals surface area contributed by atoms with E-state index in [1.807, 2.05) is 72.8 Å². The normalized spacial score (nSPS) is 16.1. The molecule has 4 rings (SSSR count). The van der Waals surface area contributed by atoms with Crippen LogP contribution in [0.4, 0.5) is 4.79 Å². The Kier molecular flexibility index (Phi) is 7.42. The van der Waals surface area contributed by atoms with E-state index >= 15 is 0 Å². The lowest BCUT2D eigenvalue weighted by Gasteiger charge is -2.25. The number of nitrogens with one attached hydrogen (secondary N) is 1. The summed E-state index contributed by atoms with van der Waals surface area (Å²) in [5.41, 5.74) is 1.78. The number of benzene rings is 3. The average Bonchev–Trinajstić information content (AvgIpc) is 3.37. The quantitative estimate of drug-likeness (QED) is 0.542. The van der Waals surface area contributed by atoms with Crippen molar-refractivity contribution in [3.05, 3.63) is 83.9 Å². The van der Waals surface area contributed by atoms with Gasteiger partial charge in [-0.2, -0.15) is 0 Å². The lowest BCUT2D eigenvalue weighted by Crippen LogP contribution is -2.51. The minimum Gasteiger partial charge on any atom is -0.467 e. The van der Waals surface area contributed by atoms with Crippen LogP contribution < -0.4 is 5.32 Å². The van der Waals surface area contributed by atoms with Crippen LogP contribution in [0.25, 0.3) is 10.8 Å². The van der Waals surface area contributed by atoms with Gasteiger partial charge in [0.25, 0.3) is 0 Å². The first-order chi connectivity index (χ1) is 16.5. The summed E-state index contributed by atoms with van der Waals surface area (Å²) in [4.78, 5) is 39.7. The maximum Gasteiger partial charge on any atom is 0.410 e. The fraction of sp³-hybridized carbons (Fsp3) is 0.296. The summed E-state index contributed by atoms with van der Waals surface area (Å²) in [6.45, 7) is 0.566. The second kappa shape index (κ2) is 10.8. The molecule has 0 saturated carbocycles. The number of hydrogen-bond donors (Lipinski definition) is 1. The van der Waals surface area contributed by atoms with Crippen LogP contribution in [0.2, 0.25) is 0 Å². The third-order valence-corrected chi connectivity index (χ3v) is 6.05. The highest BCUT2D eigenvalue weighted by molar-refractivity contribution is 5.90. The number of esters is 1. The molecule has 0 spiro atoms. The van der Waals surface area contributed by atoms with Crippen molar-refractivity contribution in [3.63, 3.8) is 0 Å². The molecule has 0 aromatic heterocycles. The second-order valence-corrected chi connectivity index (χ2v) is 8.36. The molecular weight excluding hydrogens is 432 g/mol. The van der Waals surface area contributed by atoms with E-state index in [9.17, 15) is 14.4 Å². The summed E-state index contributed by atoms with van der Waals surface area (Å²) >= 11 is 0. The third kappa shape index (κ3) is 5.54. The summed E-state index contributed by atoms with van der Waals surface area (Å²) in [6.07, 6.45) is 0.946. The predicted octanol–water partition coefficient (Wildman–Crippen LogP) is 3.84. The first-order valence-corrected chi connectivity index (χ1v) is 11.4. The molecule has 3 aromatic carbocycles. The Morgan fingerprint density at radius 3 is 2.47 bits per heavy atom. The number of carbonyl (C=O) groups is 3. The van der Waals surface area contributed by atoms with Gasteiger partial charge in [0.1, 0.15) is 18.7 Å². The molecular formula is C27H28N2O5. The molecule has 1 saturated heterocycles. The Morgan fingerprint density at radius 2 is 1.71 bits per heavy atom. The van der Waals surface area contributed by atoms with Crippen LogP contribution in [0, 0.1) is 0 Å². The van der Waals surface area contributed by atoms with Gasteiger partial charge in [0.05, 0.1) is 7.11 Å². The van der Waals surface area contributed by atoms with Crippen molar-refractivity contribution in [2.45, 2.75) is 38.0 Å². The minimum atomic E-state index is -0.860. The summed E-state index contributed by atoms with van der Waals surface area (Å²) in [6, 6.07) is 21.7. The Morgan fingerprint density at radius 1 is 0.971 bits per heavy atom. The fourth-order valence-electron chi connectivity index (χ4n) is 4.26. The maximum absolute atomic E-state index is 13.1. The molecule has 1 aliphatic rings. The van der Waals surface area contributed by atoms with Gasteiger partial charge in [0, 0.05) is 13.0 Å². The molecule has 0 unspecified atom stereocenters. The molecule has 2 amide bonds. The van der Waals surface area contributed by atoms with Gasteiger partial charge >= 0.3 is 12.1 Å². The number of fused-ring (bicyclic) bond motifs is 1. The van der Waals surface area contributed by atoms with Gasteiger partial charge in [-0.1, -0.05) is 72.8 Å². The zero-order valence-corrected chi connectivity index (χ0v) is 19.1. The summed E-state index contributed by atoms with van der Waals surface area (Å²) in [7, 11) is 1.30. The summed E-state index contributed by atoms with van der Waals surface area (Å²) in [5, 5.41) is 4.95. The summed E-state index contributed by atoms with van der Waals surface area (Å²) < 4.78 is 10.4. The van der Waals surface area contributed by atoms with Crippen molar-refractivity contribution >= 4 is 28.7 Å². The smallest absolute Gasteiger partial charge is 0.410 e. The van der Waals surface area contributed by atoms with Crippen LogP contribution in [-0.4, -0.2) is 48.6 Å². The van der Waals surface area contributed by atoms with Gasteiger partial charge in [0.2, 0.25) is 5.91 Å². The zero-order valence-electron chi connectivity index (χ0n) is 19.1. The number of rotatable bonds is 7. The molecule has 0 radical (unpaired) electrons. The van der Waals surface area contributed by atoms with Gasteiger partial charge in [-0.05, 0) is 34.7 Å². The van der Waals surface area contributed by atoms with Crippen molar-refractivity contribution in [2.75, 3.05) is 13.7 Å². The topological polar surface area (TPSA) is 84.9 Å². The SMILES string of the molecule is COC(=O)[C@H](Cc1ccc2ccccc2c1)NC(=O)[C@H]1CCCN1C(=O)OCc1ccccc1. The highest BCUT2D eigenvalue weighted by atomic mass is 16.6. The average molecular weight is 461 g/mol. The number of likely N-dealkylation sites (tertiary alicyclic amines) is 1. The molecule has 3 aromatic rings. The molecule has 7 nitrogen and oxygen atoms in total. The number of nitrogens with zero attached hydrogens (tertiary/aromatic N) is 1. The number of ether oxygens (including phenoxy) is 2. The Bertz CT molecular complexity index is 1160. The summed E-state index contributed by atoms with van der Waals surface area (Å²) in [5.74, 6) is -0.914. The van der Waals surface area contributed by atoms with Crippen molar-refractivity contribution < 1.29 is 23.9 Å². The van der Waals surface area contributed by atoms with E-state index < -0.39 is 24.1 Å². The standard InChI is InChI=1S/C27H28N2O5/c1-33-26(31)23(17-20-13-14-21-10-5-6-11-22(21)16-20)28-25(30)24-12-7-15-29(24)27(32)34-18-19-8-3-2-4-9-19/h2-6,8-11,13-14,16,23-24H,7,12,15,17-18H2,1H3,(H,28,30)/t23-,24+/m0/s1. The zero-order chi connectivity index (χ0) is 23.9. The Labute approximate surface area is 198 Å². The van der Waals surface area contributed by atoms with E-state index in [0.717, 1.165) is 21.9 Å². The molecule has 34 heavy (non-hydrogen) atoms. The number of carbonyl (C=O) groups excluding carboxylic acids is 3. The number of methoxy groups -OCH3 is 1. The first kappa shape index (κ1) is 23.3. The van der Waals surface area contributed by atoms with Crippen molar-refractivity contribution in [1.29, 1.82) is 0 Å². The number of amides is 2. The molecule has 176 valence electrons. The van der Waals surface area contributed by atoms with Crippen molar-refractivity contribution in [1.82, 2.24) is 10.2 Å². The highest BCUT2D eigenvalue weighted by Gasteiger charge is 2.37. The van der Waals surface area contributed by atoms with Gasteiger partial charge in [0.15, 0.2) is 0 Å². The largest absolute Gasteiger partial charge is 0.467 e. The van der Waals surface area contributed by atoms with Gasteiger partial charge in [-0.15, -0.1) is 0 Å². The monoisotopic (exact) mass is 460 g/mol. The lowest BCUT2D eigenvalue weighted by molar-refractivity contribution is -0.145. The van der Waals surface area contributed by atoms with E-state index in [4.69, 9.17) is 9.47 Å². The molecule has 0 bridgehead atoms. The molecule has 1 heterocycles. The van der Waals surface area contributed by atoms with Crippen LogP contribution in [-0.2, 0) is 32.1 Å². The fourth-order valence-corrected chi connectivity index (χ4v) is 4.26. The molecule has 1 fully saturated rings. The Hall–Kier alpha value is -3.87. The van der Waals surface area contributed by atoms with Crippen LogP contribution in [0.15, 0.2) is 72.8 Å². The van der Waals surface area contributed by atoms with E-state index in [1.54, 1.807) is 0 Å². The molecule has 1 N–H and O–H groups in total. The van der Waals surface area contributed by atoms with Crippen LogP contribution in [0.1, 0.15) is 24.0 Å². The molecule has 2 atom stereocenters. The van der Waals surface area contributed by atoms with E-state index in [-0.39, 0.29) is 18.9 Å². The van der Waals surface area contributed by atoms with E-state index in [2.05, 4.69) is 5.32 Å². The van der Waals surface area contributed by atoms with Crippen LogP contribution in [0.5, 0.6) is 0 Å². The predicted molar refractivity (Wildman–Crippen MR) is 128 cm³/mol. The highest BCUT2D eigenvalue weighted by Crippen LogP contribution is 2.21. The van der Waals surface area contributed by atoms with Gasteiger partial charge in [-0.25, -0.2) is 9.59 Å². The Balaban J connectivity index is 1.41. The second-order valence-electron chi connectivity index (χ2n) is 8.36. The minimum absolute atomic E-state index is 0.136. The van der Waals surface area contributed by atoms with E-state index in [1.165, 1.54) is 12.0 Å². The molecule has 7 heteroatoms. The third-order valence-electron chi connectivity index (χ3n) is 6.05. The van der Waals surface area contributed by atoms with Crippen molar-refractivity contribution in [3.8, 4) is 0 Å². The first-order valence-electron chi connectivity index (χ1n) is 11.4. The van der Waals surface area contributed by atoms with Crippen LogP contribution in [0.3, 0.4) is 0 Å². The van der Waals surface area contributed by atoms with Crippen molar-refractivity contribution in [2.24, 2.45) is 0 Å². The molecule has 1 aliphatic heterocycles. The van der Waals surface area contributed by atoms with E-state index in [0.29, 0.717) is 19.4 Å². The lowest BCUT2D eigenvalue weighted by atomic mass is 10.0. The molecule has 0 aliphatic carbocycles.